The standard InChI is InChI=1S/C11H11BrFNO4/c1-18-9-4-6(12)2-3-7(9)10(15)14-8(5-13)11(16)17/h2-4,8H,5H2,1H3,(H,14,15)(H,16,17). The van der Waals surface area contributed by atoms with E-state index in [1.807, 2.05) is 0 Å². The lowest BCUT2D eigenvalue weighted by Crippen LogP contribution is -2.42. The van der Waals surface area contributed by atoms with E-state index < -0.39 is 24.6 Å². The third kappa shape index (κ3) is 3.43. The van der Waals surface area contributed by atoms with Gasteiger partial charge in [0.05, 0.1) is 12.7 Å². The number of carbonyl (C=O) groups excluding carboxylic acids is 1. The van der Waals surface area contributed by atoms with Crippen molar-refractivity contribution in [1.29, 1.82) is 0 Å². The van der Waals surface area contributed by atoms with Crippen LogP contribution in [0.4, 0.5) is 4.39 Å². The van der Waals surface area contributed by atoms with Crippen LogP contribution < -0.4 is 10.1 Å². The maximum atomic E-state index is 12.4. The van der Waals surface area contributed by atoms with E-state index in [-0.39, 0.29) is 11.3 Å². The van der Waals surface area contributed by atoms with Crippen LogP contribution in [0.2, 0.25) is 0 Å². The second-order valence-electron chi connectivity index (χ2n) is 3.36. The summed E-state index contributed by atoms with van der Waals surface area (Å²) in [6.45, 7) is -1.18. The number of halogens is 2. The summed E-state index contributed by atoms with van der Waals surface area (Å²) in [5.74, 6) is -1.86. The number of carboxylic acids is 1. The number of rotatable bonds is 5. The van der Waals surface area contributed by atoms with Gasteiger partial charge in [0.25, 0.3) is 5.91 Å². The zero-order chi connectivity index (χ0) is 13.7. The number of aliphatic carboxylic acids is 1. The molecule has 1 aromatic rings. The van der Waals surface area contributed by atoms with E-state index in [1.54, 1.807) is 12.1 Å². The minimum absolute atomic E-state index is 0.139. The third-order valence-electron chi connectivity index (χ3n) is 2.17. The molecule has 0 saturated carbocycles. The van der Waals surface area contributed by atoms with Crippen LogP contribution in [0.5, 0.6) is 5.75 Å². The van der Waals surface area contributed by atoms with E-state index in [2.05, 4.69) is 21.2 Å². The second kappa shape index (κ2) is 6.34. The summed E-state index contributed by atoms with van der Waals surface area (Å²) in [5, 5.41) is 10.7. The Hall–Kier alpha value is -1.63. The molecule has 0 aliphatic rings. The van der Waals surface area contributed by atoms with Crippen molar-refractivity contribution in [1.82, 2.24) is 5.32 Å². The summed E-state index contributed by atoms with van der Waals surface area (Å²) in [7, 11) is 1.38. The summed E-state index contributed by atoms with van der Waals surface area (Å²) < 4.78 is 18.1. The minimum atomic E-state index is -1.56. The van der Waals surface area contributed by atoms with Gasteiger partial charge in [-0.1, -0.05) is 15.9 Å². The van der Waals surface area contributed by atoms with Gasteiger partial charge < -0.3 is 15.2 Å². The minimum Gasteiger partial charge on any atom is -0.496 e. The first-order valence-electron chi connectivity index (χ1n) is 4.92. The van der Waals surface area contributed by atoms with Gasteiger partial charge in [0.1, 0.15) is 12.4 Å². The molecular formula is C11H11BrFNO4. The molecule has 1 rings (SSSR count). The smallest absolute Gasteiger partial charge is 0.328 e. The number of hydrogen-bond acceptors (Lipinski definition) is 3. The van der Waals surface area contributed by atoms with Crippen molar-refractivity contribution in [3.05, 3.63) is 28.2 Å². The van der Waals surface area contributed by atoms with Crippen molar-refractivity contribution in [2.24, 2.45) is 0 Å². The van der Waals surface area contributed by atoms with Crippen LogP contribution in [-0.2, 0) is 4.79 Å². The average molecular weight is 320 g/mol. The molecule has 1 amide bonds. The Morgan fingerprint density at radius 1 is 1.56 bits per heavy atom. The summed E-state index contributed by atoms with van der Waals surface area (Å²) in [5.41, 5.74) is 0.139. The van der Waals surface area contributed by atoms with Gasteiger partial charge in [0, 0.05) is 4.47 Å². The maximum Gasteiger partial charge on any atom is 0.328 e. The van der Waals surface area contributed by atoms with Crippen LogP contribution in [-0.4, -0.2) is 36.8 Å². The molecule has 0 fully saturated rings. The number of amides is 1. The Morgan fingerprint density at radius 2 is 2.22 bits per heavy atom. The van der Waals surface area contributed by atoms with E-state index in [9.17, 15) is 14.0 Å². The van der Waals surface area contributed by atoms with Crippen molar-refractivity contribution >= 4 is 27.8 Å². The van der Waals surface area contributed by atoms with Crippen molar-refractivity contribution in [2.75, 3.05) is 13.8 Å². The third-order valence-corrected chi connectivity index (χ3v) is 2.66. The van der Waals surface area contributed by atoms with Crippen molar-refractivity contribution in [2.45, 2.75) is 6.04 Å². The van der Waals surface area contributed by atoms with Crippen LogP contribution >= 0.6 is 15.9 Å². The molecule has 0 saturated heterocycles. The van der Waals surface area contributed by atoms with Crippen LogP contribution in [0.3, 0.4) is 0 Å². The number of carbonyl (C=O) groups is 2. The molecule has 0 bridgehead atoms. The van der Waals surface area contributed by atoms with Crippen molar-refractivity contribution < 1.29 is 23.8 Å². The molecule has 1 atom stereocenters. The number of nitrogens with one attached hydrogen (secondary N) is 1. The molecule has 0 radical (unpaired) electrons. The average Bonchev–Trinajstić information content (AvgIpc) is 2.34. The van der Waals surface area contributed by atoms with Gasteiger partial charge in [-0.15, -0.1) is 0 Å². The first kappa shape index (κ1) is 14.4. The van der Waals surface area contributed by atoms with Crippen LogP contribution in [0.15, 0.2) is 22.7 Å². The molecule has 7 heteroatoms. The predicted octanol–water partition coefficient (Wildman–Crippen LogP) is 1.61. The second-order valence-corrected chi connectivity index (χ2v) is 4.28. The number of ether oxygens (including phenoxy) is 1. The predicted molar refractivity (Wildman–Crippen MR) is 65.6 cm³/mol. The Labute approximate surface area is 111 Å². The first-order valence-corrected chi connectivity index (χ1v) is 5.72. The van der Waals surface area contributed by atoms with Gasteiger partial charge in [-0.05, 0) is 18.2 Å². The summed E-state index contributed by atoms with van der Waals surface area (Å²) >= 11 is 3.21. The van der Waals surface area contributed by atoms with Crippen LogP contribution in [0, 0.1) is 0 Å². The Bertz CT molecular complexity index is 466. The van der Waals surface area contributed by atoms with E-state index in [4.69, 9.17) is 9.84 Å². The summed E-state index contributed by atoms with van der Waals surface area (Å²) in [6, 6.07) is 3.05. The molecule has 98 valence electrons. The largest absolute Gasteiger partial charge is 0.496 e. The van der Waals surface area contributed by atoms with Gasteiger partial charge in [-0.3, -0.25) is 4.79 Å². The van der Waals surface area contributed by atoms with Crippen molar-refractivity contribution in [3.8, 4) is 5.75 Å². The Balaban J connectivity index is 2.93. The molecule has 1 aromatic carbocycles. The lowest BCUT2D eigenvalue weighted by Gasteiger charge is -2.13. The molecular weight excluding hydrogens is 309 g/mol. The maximum absolute atomic E-state index is 12.4. The van der Waals surface area contributed by atoms with Crippen LogP contribution in [0.25, 0.3) is 0 Å². The molecule has 0 spiro atoms. The van der Waals surface area contributed by atoms with Gasteiger partial charge in [0.15, 0.2) is 6.04 Å². The van der Waals surface area contributed by atoms with E-state index in [0.717, 1.165) is 0 Å². The lowest BCUT2D eigenvalue weighted by atomic mass is 10.1. The number of carboxylic acid groups (broad SMARTS) is 1. The van der Waals surface area contributed by atoms with Crippen molar-refractivity contribution in [3.63, 3.8) is 0 Å². The quantitative estimate of drug-likeness (QED) is 0.864. The van der Waals surface area contributed by atoms with E-state index in [1.165, 1.54) is 13.2 Å². The number of methoxy groups -OCH3 is 1. The van der Waals surface area contributed by atoms with Gasteiger partial charge in [-0.2, -0.15) is 0 Å². The molecule has 0 aromatic heterocycles. The zero-order valence-corrected chi connectivity index (χ0v) is 11.0. The summed E-state index contributed by atoms with van der Waals surface area (Å²) in [6.07, 6.45) is 0. The SMILES string of the molecule is COc1cc(Br)ccc1C(=O)NC(CF)C(=O)O. The number of benzene rings is 1. The highest BCUT2D eigenvalue weighted by molar-refractivity contribution is 9.10. The fraction of sp³-hybridized carbons (Fsp3) is 0.273. The highest BCUT2D eigenvalue weighted by Crippen LogP contribution is 2.23. The monoisotopic (exact) mass is 319 g/mol. The number of alkyl halides is 1. The highest BCUT2D eigenvalue weighted by atomic mass is 79.9. The summed E-state index contributed by atoms with van der Waals surface area (Å²) in [4.78, 5) is 22.4. The fourth-order valence-corrected chi connectivity index (χ4v) is 1.60. The molecule has 1 unspecified atom stereocenters. The molecule has 0 heterocycles. The topological polar surface area (TPSA) is 75.6 Å². The molecule has 18 heavy (non-hydrogen) atoms. The van der Waals surface area contributed by atoms with Gasteiger partial charge >= 0.3 is 5.97 Å². The lowest BCUT2D eigenvalue weighted by molar-refractivity contribution is -0.139. The highest BCUT2D eigenvalue weighted by Gasteiger charge is 2.22. The van der Waals surface area contributed by atoms with E-state index >= 15 is 0 Å². The Morgan fingerprint density at radius 3 is 2.72 bits per heavy atom. The molecule has 5 nitrogen and oxygen atoms in total. The van der Waals surface area contributed by atoms with Crippen LogP contribution in [0.1, 0.15) is 10.4 Å². The molecule has 0 aliphatic heterocycles. The zero-order valence-electron chi connectivity index (χ0n) is 9.44. The van der Waals surface area contributed by atoms with Gasteiger partial charge in [0.2, 0.25) is 0 Å². The van der Waals surface area contributed by atoms with E-state index in [0.29, 0.717) is 4.47 Å². The number of hydrogen-bond donors (Lipinski definition) is 2. The first-order chi connectivity index (χ1) is 8.49. The molecule has 0 aliphatic carbocycles. The van der Waals surface area contributed by atoms with Gasteiger partial charge in [-0.25, -0.2) is 9.18 Å². The fourth-order valence-electron chi connectivity index (χ4n) is 1.25. The molecule has 2 N–H and O–H groups in total. The Kier molecular flexibility index (Phi) is 5.08. The normalized spacial score (nSPS) is 11.7.